The number of hydrogen-bond donors (Lipinski definition) is 1. The molecule has 0 atom stereocenters. The molecule has 0 bridgehead atoms. The first kappa shape index (κ1) is 12.8. The van der Waals surface area contributed by atoms with E-state index in [-0.39, 0.29) is 11.3 Å². The van der Waals surface area contributed by atoms with Gasteiger partial charge in [-0.2, -0.15) is 0 Å². The Kier molecular flexibility index (Phi) is 3.29. The summed E-state index contributed by atoms with van der Waals surface area (Å²) in [5.41, 5.74) is 1.62. The second-order valence-electron chi connectivity index (χ2n) is 4.06. The quantitative estimate of drug-likeness (QED) is 0.675. The van der Waals surface area contributed by atoms with Crippen molar-refractivity contribution in [3.05, 3.63) is 63.7 Å². The van der Waals surface area contributed by atoms with E-state index in [0.29, 0.717) is 16.7 Å². The van der Waals surface area contributed by atoms with Crippen molar-refractivity contribution >= 4 is 11.7 Å². The van der Waals surface area contributed by atoms with Crippen molar-refractivity contribution in [3.8, 4) is 11.1 Å². The Labute approximate surface area is 109 Å². The molecule has 0 aliphatic rings. The molecule has 2 rings (SSSR count). The molecule has 5 nitrogen and oxygen atoms in total. The van der Waals surface area contributed by atoms with Gasteiger partial charge < -0.3 is 5.11 Å². The van der Waals surface area contributed by atoms with Gasteiger partial charge in [0.25, 0.3) is 5.69 Å². The second kappa shape index (κ2) is 4.89. The molecule has 0 aliphatic carbocycles. The lowest BCUT2D eigenvalue weighted by Gasteiger charge is -2.09. The number of carboxylic acid groups (broad SMARTS) is 1. The zero-order valence-corrected chi connectivity index (χ0v) is 10.2. The summed E-state index contributed by atoms with van der Waals surface area (Å²) in [7, 11) is 0. The van der Waals surface area contributed by atoms with Gasteiger partial charge in [0.05, 0.1) is 16.1 Å². The Bertz CT molecular complexity index is 664. The van der Waals surface area contributed by atoms with Gasteiger partial charge >= 0.3 is 5.97 Å². The van der Waals surface area contributed by atoms with Gasteiger partial charge in [0.2, 0.25) is 0 Å². The van der Waals surface area contributed by atoms with Crippen molar-refractivity contribution in [1.82, 2.24) is 0 Å². The summed E-state index contributed by atoms with van der Waals surface area (Å²) >= 11 is 0. The SMILES string of the molecule is Cc1c(C(=O)O)cccc1-c1ccccc1[N+](=O)[O-]. The molecule has 0 heterocycles. The van der Waals surface area contributed by atoms with E-state index in [4.69, 9.17) is 5.11 Å². The molecule has 0 fully saturated rings. The van der Waals surface area contributed by atoms with E-state index >= 15 is 0 Å². The van der Waals surface area contributed by atoms with E-state index in [0.717, 1.165) is 0 Å². The Balaban J connectivity index is 2.70. The van der Waals surface area contributed by atoms with Crippen LogP contribution in [0.25, 0.3) is 11.1 Å². The normalized spacial score (nSPS) is 10.2. The predicted octanol–water partition coefficient (Wildman–Crippen LogP) is 3.27. The molecule has 0 radical (unpaired) electrons. The number of para-hydroxylation sites is 1. The Morgan fingerprint density at radius 3 is 2.37 bits per heavy atom. The average Bonchev–Trinajstić information content (AvgIpc) is 2.38. The molecular formula is C14H11NO4. The smallest absolute Gasteiger partial charge is 0.335 e. The fourth-order valence-electron chi connectivity index (χ4n) is 2.02. The van der Waals surface area contributed by atoms with Crippen molar-refractivity contribution in [2.75, 3.05) is 0 Å². The third-order valence-corrected chi connectivity index (χ3v) is 2.96. The zero-order chi connectivity index (χ0) is 14.0. The van der Waals surface area contributed by atoms with E-state index in [2.05, 4.69) is 0 Å². The number of nitrogens with zero attached hydrogens (tertiary/aromatic N) is 1. The van der Waals surface area contributed by atoms with Gasteiger partial charge in [0, 0.05) is 6.07 Å². The van der Waals surface area contributed by atoms with Crippen LogP contribution in [0.5, 0.6) is 0 Å². The fourth-order valence-corrected chi connectivity index (χ4v) is 2.02. The van der Waals surface area contributed by atoms with Gasteiger partial charge in [0.15, 0.2) is 0 Å². The highest BCUT2D eigenvalue weighted by Crippen LogP contribution is 2.32. The highest BCUT2D eigenvalue weighted by Gasteiger charge is 2.18. The molecule has 5 heteroatoms. The molecule has 0 unspecified atom stereocenters. The number of carboxylic acids is 1. The van der Waals surface area contributed by atoms with Crippen molar-refractivity contribution in [3.63, 3.8) is 0 Å². The number of aromatic carboxylic acids is 1. The largest absolute Gasteiger partial charge is 0.478 e. The van der Waals surface area contributed by atoms with Gasteiger partial charge in [-0.15, -0.1) is 0 Å². The minimum atomic E-state index is -1.04. The Morgan fingerprint density at radius 1 is 1.11 bits per heavy atom. The van der Waals surface area contributed by atoms with Gasteiger partial charge in [-0.05, 0) is 30.2 Å². The summed E-state index contributed by atoms with van der Waals surface area (Å²) in [5, 5.41) is 20.1. The number of carbonyl (C=O) groups is 1. The van der Waals surface area contributed by atoms with Crippen molar-refractivity contribution < 1.29 is 14.8 Å². The lowest BCUT2D eigenvalue weighted by molar-refractivity contribution is -0.384. The molecule has 0 spiro atoms. The first-order valence-corrected chi connectivity index (χ1v) is 5.59. The maximum Gasteiger partial charge on any atom is 0.335 e. The van der Waals surface area contributed by atoms with E-state index in [1.165, 1.54) is 12.1 Å². The number of hydrogen-bond acceptors (Lipinski definition) is 3. The minimum absolute atomic E-state index is 0.0341. The van der Waals surface area contributed by atoms with E-state index in [9.17, 15) is 14.9 Å². The lowest BCUT2D eigenvalue weighted by Crippen LogP contribution is -2.01. The summed E-state index contributed by atoms with van der Waals surface area (Å²) < 4.78 is 0. The molecule has 0 saturated carbocycles. The average molecular weight is 257 g/mol. The Morgan fingerprint density at radius 2 is 1.74 bits per heavy atom. The summed E-state index contributed by atoms with van der Waals surface area (Å²) in [6.45, 7) is 1.65. The summed E-state index contributed by atoms with van der Waals surface area (Å²) in [6, 6.07) is 11.0. The van der Waals surface area contributed by atoms with Crippen LogP contribution < -0.4 is 0 Å². The third-order valence-electron chi connectivity index (χ3n) is 2.96. The van der Waals surface area contributed by atoms with Crippen LogP contribution >= 0.6 is 0 Å². The maximum atomic E-state index is 11.1. The third kappa shape index (κ3) is 2.30. The lowest BCUT2D eigenvalue weighted by atomic mass is 9.95. The monoisotopic (exact) mass is 257 g/mol. The molecular weight excluding hydrogens is 246 g/mol. The molecule has 1 N–H and O–H groups in total. The highest BCUT2D eigenvalue weighted by molar-refractivity contribution is 5.92. The van der Waals surface area contributed by atoms with Gasteiger partial charge in [-0.1, -0.05) is 24.3 Å². The zero-order valence-electron chi connectivity index (χ0n) is 10.2. The molecule has 0 aliphatic heterocycles. The van der Waals surface area contributed by atoms with Gasteiger partial charge in [0.1, 0.15) is 0 Å². The van der Waals surface area contributed by atoms with Crippen LogP contribution in [0.2, 0.25) is 0 Å². The van der Waals surface area contributed by atoms with E-state index in [1.807, 2.05) is 0 Å². The first-order chi connectivity index (χ1) is 9.02. The summed E-state index contributed by atoms with van der Waals surface area (Å²) in [5.74, 6) is -1.04. The van der Waals surface area contributed by atoms with E-state index < -0.39 is 10.9 Å². The maximum absolute atomic E-state index is 11.1. The molecule has 0 aromatic heterocycles. The Hall–Kier alpha value is -2.69. The van der Waals surface area contributed by atoms with Crippen molar-refractivity contribution in [1.29, 1.82) is 0 Å². The van der Waals surface area contributed by atoms with Gasteiger partial charge in [-0.25, -0.2) is 4.79 Å². The highest BCUT2D eigenvalue weighted by atomic mass is 16.6. The molecule has 0 saturated heterocycles. The molecule has 2 aromatic carbocycles. The van der Waals surface area contributed by atoms with Crippen LogP contribution in [0.15, 0.2) is 42.5 Å². The number of nitro benzene ring substituents is 1. The van der Waals surface area contributed by atoms with Crippen LogP contribution in [0, 0.1) is 17.0 Å². The van der Waals surface area contributed by atoms with Crippen LogP contribution in [0.4, 0.5) is 5.69 Å². The number of benzene rings is 2. The fraction of sp³-hybridized carbons (Fsp3) is 0.0714. The van der Waals surface area contributed by atoms with Crippen molar-refractivity contribution in [2.24, 2.45) is 0 Å². The predicted molar refractivity (Wildman–Crippen MR) is 70.2 cm³/mol. The molecule has 0 amide bonds. The number of rotatable bonds is 3. The number of nitro groups is 1. The standard InChI is InChI=1S/C14H11NO4/c1-9-10(6-4-7-11(9)14(16)17)12-5-2-3-8-13(12)15(18)19/h2-8H,1H3,(H,16,17). The van der Waals surface area contributed by atoms with Crippen LogP contribution in [0.3, 0.4) is 0 Å². The van der Waals surface area contributed by atoms with E-state index in [1.54, 1.807) is 37.3 Å². The minimum Gasteiger partial charge on any atom is -0.478 e. The van der Waals surface area contributed by atoms with Gasteiger partial charge in [-0.3, -0.25) is 10.1 Å². The van der Waals surface area contributed by atoms with Crippen LogP contribution in [-0.2, 0) is 0 Å². The topological polar surface area (TPSA) is 80.4 Å². The van der Waals surface area contributed by atoms with Crippen LogP contribution in [-0.4, -0.2) is 16.0 Å². The molecule has 96 valence electrons. The molecule has 2 aromatic rings. The summed E-state index contributed by atoms with van der Waals surface area (Å²) in [4.78, 5) is 21.6. The summed E-state index contributed by atoms with van der Waals surface area (Å²) in [6.07, 6.45) is 0. The van der Waals surface area contributed by atoms with Crippen molar-refractivity contribution in [2.45, 2.75) is 6.92 Å². The first-order valence-electron chi connectivity index (χ1n) is 5.59. The molecule has 19 heavy (non-hydrogen) atoms. The van der Waals surface area contributed by atoms with Crippen LogP contribution in [0.1, 0.15) is 15.9 Å². The second-order valence-corrected chi connectivity index (χ2v) is 4.06.